The predicted octanol–water partition coefficient (Wildman–Crippen LogP) is -0.342. The van der Waals surface area contributed by atoms with Crippen LogP contribution in [0.15, 0.2) is 0 Å². The van der Waals surface area contributed by atoms with E-state index < -0.39 is 9.28 Å². The van der Waals surface area contributed by atoms with Crippen molar-refractivity contribution in [3.05, 3.63) is 0 Å². The Morgan fingerprint density at radius 1 is 0.900 bits per heavy atom. The summed E-state index contributed by atoms with van der Waals surface area (Å²) < 4.78 is 19.9. The van der Waals surface area contributed by atoms with Gasteiger partial charge in [0.2, 0.25) is 0 Å². The van der Waals surface area contributed by atoms with Crippen LogP contribution in [0.2, 0.25) is 0 Å². The second-order valence-electron chi connectivity index (χ2n) is 1.68. The van der Waals surface area contributed by atoms with Crippen molar-refractivity contribution >= 4 is 9.28 Å². The summed E-state index contributed by atoms with van der Waals surface area (Å²) in [6.07, 6.45) is 0. The van der Waals surface area contributed by atoms with Crippen LogP contribution >= 0.6 is 0 Å². The van der Waals surface area contributed by atoms with Crippen LogP contribution < -0.4 is 0 Å². The molecular weight excluding hydrogens is 152 g/mol. The monoisotopic (exact) mass is 166 g/mol. The van der Waals surface area contributed by atoms with E-state index in [1.54, 1.807) is 28.4 Å². The topological polar surface area (TPSA) is 36.9 Å². The SMILES string of the molecule is COC(OC)[SiH](OC)OC. The molecular formula is C5H14O4Si. The number of methoxy groups -OCH3 is 2. The van der Waals surface area contributed by atoms with Crippen LogP contribution in [-0.4, -0.2) is 43.6 Å². The fraction of sp³-hybridized carbons (Fsp3) is 1.00. The first-order valence-corrected chi connectivity index (χ1v) is 4.52. The first-order chi connectivity index (χ1) is 4.79. The molecule has 0 fully saturated rings. The highest BCUT2D eigenvalue weighted by Crippen LogP contribution is 1.98. The average Bonchev–Trinajstić information content (AvgIpc) is 2.00. The predicted molar refractivity (Wildman–Crippen MR) is 39.0 cm³/mol. The van der Waals surface area contributed by atoms with Crippen molar-refractivity contribution in [2.45, 2.75) is 5.91 Å². The van der Waals surface area contributed by atoms with Gasteiger partial charge in [-0.1, -0.05) is 0 Å². The van der Waals surface area contributed by atoms with E-state index in [9.17, 15) is 0 Å². The minimum absolute atomic E-state index is 0.324. The van der Waals surface area contributed by atoms with Crippen LogP contribution in [0.3, 0.4) is 0 Å². The molecule has 0 bridgehead atoms. The molecule has 0 aliphatic rings. The standard InChI is InChI=1S/C5H14O4Si/c1-6-5(7-2)10(8-3)9-4/h5,10H,1-4H3. The number of ether oxygens (including phenoxy) is 2. The van der Waals surface area contributed by atoms with E-state index in [0.29, 0.717) is 0 Å². The Balaban J connectivity index is 3.70. The molecule has 0 aliphatic heterocycles. The van der Waals surface area contributed by atoms with E-state index in [-0.39, 0.29) is 5.91 Å². The minimum atomic E-state index is -1.75. The zero-order valence-corrected chi connectivity index (χ0v) is 7.94. The molecule has 0 spiro atoms. The quantitative estimate of drug-likeness (QED) is 0.413. The molecule has 0 heterocycles. The maximum Gasteiger partial charge on any atom is 0.379 e. The zero-order valence-electron chi connectivity index (χ0n) is 6.79. The van der Waals surface area contributed by atoms with Crippen LogP contribution in [0, 0.1) is 0 Å². The third-order valence-electron chi connectivity index (χ3n) is 1.15. The lowest BCUT2D eigenvalue weighted by Gasteiger charge is -2.19. The Morgan fingerprint density at radius 2 is 1.30 bits per heavy atom. The van der Waals surface area contributed by atoms with Crippen molar-refractivity contribution in [2.24, 2.45) is 0 Å². The Hall–Kier alpha value is 0.0569. The normalized spacial score (nSPS) is 11.4. The molecule has 0 aromatic heterocycles. The summed E-state index contributed by atoms with van der Waals surface area (Å²) in [5.41, 5.74) is 0. The van der Waals surface area contributed by atoms with Gasteiger partial charge in [-0.3, -0.25) is 0 Å². The second-order valence-corrected chi connectivity index (χ2v) is 3.90. The van der Waals surface area contributed by atoms with Gasteiger partial charge in [-0.05, 0) is 0 Å². The van der Waals surface area contributed by atoms with Crippen LogP contribution in [0.5, 0.6) is 0 Å². The highest BCUT2D eigenvalue weighted by molar-refractivity contribution is 6.45. The van der Waals surface area contributed by atoms with Gasteiger partial charge in [0.1, 0.15) is 0 Å². The van der Waals surface area contributed by atoms with Gasteiger partial charge < -0.3 is 18.3 Å². The van der Waals surface area contributed by atoms with Gasteiger partial charge in [-0.2, -0.15) is 0 Å². The summed E-state index contributed by atoms with van der Waals surface area (Å²) in [6, 6.07) is 0. The second kappa shape index (κ2) is 5.81. The van der Waals surface area contributed by atoms with E-state index >= 15 is 0 Å². The van der Waals surface area contributed by atoms with Gasteiger partial charge in [0.05, 0.1) is 0 Å². The number of hydrogen-bond acceptors (Lipinski definition) is 4. The van der Waals surface area contributed by atoms with Crippen molar-refractivity contribution in [2.75, 3.05) is 28.4 Å². The molecule has 10 heavy (non-hydrogen) atoms. The third-order valence-corrected chi connectivity index (χ3v) is 3.07. The van der Waals surface area contributed by atoms with Crippen molar-refractivity contribution in [1.82, 2.24) is 0 Å². The van der Waals surface area contributed by atoms with Crippen LogP contribution in [0.4, 0.5) is 0 Å². The smallest absolute Gasteiger partial charge is 0.379 e. The molecule has 0 atom stereocenters. The largest absolute Gasteiger partial charge is 0.397 e. The third kappa shape index (κ3) is 2.76. The molecule has 5 heteroatoms. The lowest BCUT2D eigenvalue weighted by atomic mass is 11.3. The van der Waals surface area contributed by atoms with Crippen molar-refractivity contribution in [3.8, 4) is 0 Å². The molecule has 0 aromatic carbocycles. The first-order valence-electron chi connectivity index (χ1n) is 2.91. The van der Waals surface area contributed by atoms with Crippen LogP contribution in [0.25, 0.3) is 0 Å². The van der Waals surface area contributed by atoms with Gasteiger partial charge in [0.25, 0.3) is 0 Å². The zero-order chi connectivity index (χ0) is 7.98. The fourth-order valence-corrected chi connectivity index (χ4v) is 1.72. The Bertz CT molecular complexity index is 62.0. The van der Waals surface area contributed by atoms with Crippen LogP contribution in [0.1, 0.15) is 0 Å². The molecule has 0 rings (SSSR count). The summed E-state index contributed by atoms with van der Waals surface area (Å²) in [4.78, 5) is 0. The van der Waals surface area contributed by atoms with Crippen LogP contribution in [-0.2, 0) is 18.3 Å². The lowest BCUT2D eigenvalue weighted by molar-refractivity contribution is -0.0687. The molecule has 0 saturated carbocycles. The van der Waals surface area contributed by atoms with Crippen molar-refractivity contribution in [1.29, 1.82) is 0 Å². The molecule has 0 amide bonds. The Morgan fingerprint density at radius 3 is 1.40 bits per heavy atom. The molecule has 0 aliphatic carbocycles. The van der Waals surface area contributed by atoms with E-state index in [0.717, 1.165) is 0 Å². The number of rotatable bonds is 5. The first kappa shape index (κ1) is 10.1. The lowest BCUT2D eigenvalue weighted by Crippen LogP contribution is -2.38. The maximum atomic E-state index is 5.01. The van der Waals surface area contributed by atoms with E-state index in [2.05, 4.69) is 0 Å². The summed E-state index contributed by atoms with van der Waals surface area (Å²) >= 11 is 0. The summed E-state index contributed by atoms with van der Waals surface area (Å²) in [6.45, 7) is 0. The van der Waals surface area contributed by atoms with E-state index in [4.69, 9.17) is 18.3 Å². The molecule has 62 valence electrons. The Labute approximate surface area is 62.9 Å². The van der Waals surface area contributed by atoms with Gasteiger partial charge in [-0.25, -0.2) is 0 Å². The summed E-state index contributed by atoms with van der Waals surface area (Å²) in [7, 11) is 4.55. The molecule has 0 saturated heterocycles. The molecule has 0 radical (unpaired) electrons. The Kier molecular flexibility index (Phi) is 5.85. The molecule has 4 nitrogen and oxygen atoms in total. The molecule has 0 aromatic rings. The highest BCUT2D eigenvalue weighted by Gasteiger charge is 2.23. The number of hydrogen-bond donors (Lipinski definition) is 0. The van der Waals surface area contributed by atoms with Gasteiger partial charge in [-0.15, -0.1) is 0 Å². The molecule has 0 unspecified atom stereocenters. The average molecular weight is 166 g/mol. The highest BCUT2D eigenvalue weighted by atomic mass is 28.3. The maximum absolute atomic E-state index is 5.01. The molecule has 0 N–H and O–H groups in total. The van der Waals surface area contributed by atoms with Crippen molar-refractivity contribution < 1.29 is 18.3 Å². The fourth-order valence-electron chi connectivity index (χ4n) is 0.637. The van der Waals surface area contributed by atoms with Gasteiger partial charge >= 0.3 is 9.28 Å². The summed E-state index contributed by atoms with van der Waals surface area (Å²) in [5.74, 6) is -0.324. The minimum Gasteiger partial charge on any atom is -0.397 e. The van der Waals surface area contributed by atoms with E-state index in [1.807, 2.05) is 0 Å². The summed E-state index contributed by atoms with van der Waals surface area (Å²) in [5, 5.41) is 0. The van der Waals surface area contributed by atoms with Gasteiger partial charge in [0, 0.05) is 28.4 Å². The van der Waals surface area contributed by atoms with Gasteiger partial charge in [0.15, 0.2) is 5.91 Å². The van der Waals surface area contributed by atoms with Crippen molar-refractivity contribution in [3.63, 3.8) is 0 Å². The van der Waals surface area contributed by atoms with E-state index in [1.165, 1.54) is 0 Å².